The van der Waals surface area contributed by atoms with Gasteiger partial charge in [0.15, 0.2) is 11.3 Å². The number of hydrogen-bond donors (Lipinski definition) is 0. The Bertz CT molecular complexity index is 909. The van der Waals surface area contributed by atoms with Crippen molar-refractivity contribution in [3.05, 3.63) is 53.1 Å². The van der Waals surface area contributed by atoms with Gasteiger partial charge in [-0.1, -0.05) is 29.8 Å². The van der Waals surface area contributed by atoms with Crippen molar-refractivity contribution < 1.29 is 13.2 Å². The van der Waals surface area contributed by atoms with E-state index in [1.807, 2.05) is 0 Å². The van der Waals surface area contributed by atoms with Crippen LogP contribution in [0.15, 0.2) is 36.7 Å². The zero-order valence-corrected chi connectivity index (χ0v) is 11.5. The highest BCUT2D eigenvalue weighted by molar-refractivity contribution is 6.33. The minimum absolute atomic E-state index is 0.0300. The van der Waals surface area contributed by atoms with E-state index in [0.717, 1.165) is 16.8 Å². The number of hydrogen-bond acceptors (Lipinski definition) is 3. The lowest BCUT2D eigenvalue weighted by atomic mass is 10.1. The minimum Gasteiger partial charge on any atom is -0.278 e. The summed E-state index contributed by atoms with van der Waals surface area (Å²) in [5, 5.41) is 9.23. The van der Waals surface area contributed by atoms with Crippen molar-refractivity contribution in [1.82, 2.24) is 14.4 Å². The fraction of sp³-hybridized carbons (Fsp3) is 0.0714. The van der Waals surface area contributed by atoms with E-state index in [1.54, 1.807) is 30.3 Å². The molecule has 0 aliphatic rings. The van der Waals surface area contributed by atoms with Crippen LogP contribution < -0.4 is 0 Å². The van der Waals surface area contributed by atoms with E-state index in [-0.39, 0.29) is 22.1 Å². The Balaban J connectivity index is 2.38. The first-order chi connectivity index (χ1) is 10.4. The van der Waals surface area contributed by atoms with Crippen molar-refractivity contribution >= 4 is 17.2 Å². The highest BCUT2D eigenvalue weighted by Crippen LogP contribution is 2.34. The molecule has 0 unspecified atom stereocenters. The molecule has 22 heavy (non-hydrogen) atoms. The molecule has 1 aromatic carbocycles. The number of imidazole rings is 1. The van der Waals surface area contributed by atoms with E-state index in [1.165, 1.54) is 0 Å². The molecule has 0 radical (unpaired) electrons. The van der Waals surface area contributed by atoms with Crippen LogP contribution in [0, 0.1) is 11.3 Å². The molecule has 4 nitrogen and oxygen atoms in total. The molecule has 0 saturated heterocycles. The van der Waals surface area contributed by atoms with Crippen LogP contribution in [0.5, 0.6) is 0 Å². The molecule has 8 heteroatoms. The molecule has 0 bridgehead atoms. The number of fused-ring (bicyclic) bond motifs is 1. The largest absolute Gasteiger partial charge is 0.431 e. The molecule has 0 fully saturated rings. The third-order valence-electron chi connectivity index (χ3n) is 3.05. The summed E-state index contributed by atoms with van der Waals surface area (Å²) in [6.07, 6.45) is -3.69. The first-order valence-corrected chi connectivity index (χ1v) is 6.40. The molecule has 2 heterocycles. The second-order valence-corrected chi connectivity index (χ2v) is 4.81. The third-order valence-corrected chi connectivity index (χ3v) is 3.38. The molecule has 0 aliphatic heterocycles. The van der Waals surface area contributed by atoms with Gasteiger partial charge in [-0.2, -0.15) is 18.4 Å². The maximum absolute atomic E-state index is 13.2. The molecule has 0 aliphatic carbocycles. The van der Waals surface area contributed by atoms with Crippen molar-refractivity contribution in [2.75, 3.05) is 0 Å². The lowest BCUT2D eigenvalue weighted by Gasteiger charge is -2.12. The van der Waals surface area contributed by atoms with Gasteiger partial charge in [0.2, 0.25) is 0 Å². The molecule has 0 amide bonds. The first kappa shape index (κ1) is 14.4. The smallest absolute Gasteiger partial charge is 0.278 e. The molecule has 2 aromatic heterocycles. The second-order valence-electron chi connectivity index (χ2n) is 4.40. The van der Waals surface area contributed by atoms with E-state index in [9.17, 15) is 13.2 Å². The number of nitriles is 1. The second kappa shape index (κ2) is 5.00. The topological polar surface area (TPSA) is 54.0 Å². The predicted molar refractivity (Wildman–Crippen MR) is 73.2 cm³/mol. The Hall–Kier alpha value is -2.59. The standard InChI is InChI=1S/C14H6ClF3N4/c15-9-4-2-1-3-8(9)10-5-12(14(16,17)18)22-7-20-11(6-19)13(22)21-10/h1-5,7H. The van der Waals surface area contributed by atoms with Crippen molar-refractivity contribution in [3.63, 3.8) is 0 Å². The van der Waals surface area contributed by atoms with Gasteiger partial charge in [-0.25, -0.2) is 9.97 Å². The van der Waals surface area contributed by atoms with Crippen molar-refractivity contribution in [2.45, 2.75) is 6.18 Å². The Labute approximate surface area is 127 Å². The van der Waals surface area contributed by atoms with Crippen molar-refractivity contribution in [3.8, 4) is 17.3 Å². The van der Waals surface area contributed by atoms with Gasteiger partial charge in [-0.15, -0.1) is 0 Å². The number of rotatable bonds is 1. The molecule has 3 aromatic rings. The Morgan fingerprint density at radius 2 is 1.95 bits per heavy atom. The third kappa shape index (κ3) is 2.27. The van der Waals surface area contributed by atoms with E-state index in [0.29, 0.717) is 5.56 Å². The normalized spacial score (nSPS) is 11.6. The summed E-state index contributed by atoms with van der Waals surface area (Å²) in [6.45, 7) is 0. The SMILES string of the molecule is N#Cc1ncn2c(C(F)(F)F)cc(-c3ccccc3Cl)nc12. The molecular weight excluding hydrogens is 317 g/mol. The van der Waals surface area contributed by atoms with Gasteiger partial charge in [0.05, 0.1) is 5.69 Å². The van der Waals surface area contributed by atoms with Gasteiger partial charge in [0, 0.05) is 10.6 Å². The van der Waals surface area contributed by atoms with Crippen molar-refractivity contribution in [1.29, 1.82) is 5.26 Å². The summed E-state index contributed by atoms with van der Waals surface area (Å²) in [6, 6.07) is 9.03. The lowest BCUT2D eigenvalue weighted by Crippen LogP contribution is -2.12. The van der Waals surface area contributed by atoms with E-state index < -0.39 is 11.9 Å². The zero-order valence-electron chi connectivity index (χ0n) is 10.8. The summed E-state index contributed by atoms with van der Waals surface area (Å²) in [5.41, 5.74) is -0.933. The Morgan fingerprint density at radius 1 is 1.23 bits per heavy atom. The average Bonchev–Trinajstić information content (AvgIpc) is 2.88. The van der Waals surface area contributed by atoms with Crippen LogP contribution in [0.2, 0.25) is 5.02 Å². The summed E-state index contributed by atoms with van der Waals surface area (Å²) in [5.74, 6) is 0. The molecule has 110 valence electrons. The monoisotopic (exact) mass is 322 g/mol. The summed E-state index contributed by atoms with van der Waals surface area (Å²) in [7, 11) is 0. The van der Waals surface area contributed by atoms with Crippen LogP contribution in [-0.4, -0.2) is 14.4 Å². The van der Waals surface area contributed by atoms with Gasteiger partial charge in [0.25, 0.3) is 0 Å². The number of aromatic nitrogens is 3. The molecule has 0 saturated carbocycles. The van der Waals surface area contributed by atoms with Gasteiger partial charge in [-0.3, -0.25) is 4.40 Å². The number of nitrogens with zero attached hydrogens (tertiary/aromatic N) is 4. The highest BCUT2D eigenvalue weighted by Gasteiger charge is 2.35. The molecule has 0 spiro atoms. The Kier molecular flexibility index (Phi) is 3.26. The van der Waals surface area contributed by atoms with Crippen molar-refractivity contribution in [2.24, 2.45) is 0 Å². The lowest BCUT2D eigenvalue weighted by molar-refractivity contribution is -0.142. The van der Waals surface area contributed by atoms with Crippen LogP contribution in [0.1, 0.15) is 11.4 Å². The van der Waals surface area contributed by atoms with Gasteiger partial charge in [0.1, 0.15) is 18.1 Å². The minimum atomic E-state index is -4.62. The zero-order chi connectivity index (χ0) is 15.9. The van der Waals surface area contributed by atoms with Gasteiger partial charge in [-0.05, 0) is 12.1 Å². The number of benzene rings is 1. The Morgan fingerprint density at radius 3 is 2.59 bits per heavy atom. The van der Waals surface area contributed by atoms with Gasteiger partial charge < -0.3 is 0 Å². The number of halogens is 4. The summed E-state index contributed by atoms with van der Waals surface area (Å²) < 4.78 is 40.5. The van der Waals surface area contributed by atoms with E-state index >= 15 is 0 Å². The fourth-order valence-corrected chi connectivity index (χ4v) is 2.31. The van der Waals surface area contributed by atoms with Crippen LogP contribution in [-0.2, 0) is 6.18 Å². The first-order valence-electron chi connectivity index (χ1n) is 6.02. The average molecular weight is 323 g/mol. The van der Waals surface area contributed by atoms with Gasteiger partial charge >= 0.3 is 6.18 Å². The maximum Gasteiger partial charge on any atom is 0.431 e. The van der Waals surface area contributed by atoms with E-state index in [2.05, 4.69) is 9.97 Å². The molecule has 0 atom stereocenters. The predicted octanol–water partition coefficient (Wildman–Crippen LogP) is 3.94. The fourth-order valence-electron chi connectivity index (χ4n) is 2.07. The van der Waals surface area contributed by atoms with Crippen LogP contribution >= 0.6 is 11.6 Å². The molecular formula is C14H6ClF3N4. The summed E-state index contributed by atoms with van der Waals surface area (Å²) in [4.78, 5) is 7.76. The summed E-state index contributed by atoms with van der Waals surface area (Å²) >= 11 is 6.02. The van der Waals surface area contributed by atoms with Crippen LogP contribution in [0.25, 0.3) is 16.9 Å². The molecule has 3 rings (SSSR count). The van der Waals surface area contributed by atoms with Crippen LogP contribution in [0.3, 0.4) is 0 Å². The number of alkyl halides is 3. The quantitative estimate of drug-likeness (QED) is 0.682. The maximum atomic E-state index is 13.2. The highest BCUT2D eigenvalue weighted by atomic mass is 35.5. The van der Waals surface area contributed by atoms with Crippen LogP contribution in [0.4, 0.5) is 13.2 Å². The molecule has 0 N–H and O–H groups in total. The van der Waals surface area contributed by atoms with E-state index in [4.69, 9.17) is 16.9 Å².